The summed E-state index contributed by atoms with van der Waals surface area (Å²) in [4.78, 5) is 31.6. The zero-order valence-corrected chi connectivity index (χ0v) is 21.4. The van der Waals surface area contributed by atoms with Gasteiger partial charge < -0.3 is 15.1 Å². The van der Waals surface area contributed by atoms with Gasteiger partial charge >= 0.3 is 6.03 Å². The van der Waals surface area contributed by atoms with Crippen molar-refractivity contribution in [3.8, 4) is 0 Å². The molecule has 6 nitrogen and oxygen atoms in total. The molecule has 2 aliphatic rings. The molecule has 178 valence electrons. The molecule has 0 saturated carbocycles. The Labute approximate surface area is 198 Å². The van der Waals surface area contributed by atoms with E-state index in [1.54, 1.807) is 11.8 Å². The first-order chi connectivity index (χ1) is 15.1. The molecule has 1 aromatic carbocycles. The van der Waals surface area contributed by atoms with E-state index in [0.29, 0.717) is 0 Å². The number of thioether (sulfide) groups is 1. The molecule has 32 heavy (non-hydrogen) atoms. The summed E-state index contributed by atoms with van der Waals surface area (Å²) >= 11 is 1.79. The number of carbonyl (C=O) groups is 2. The Morgan fingerprint density at radius 3 is 2.25 bits per heavy atom. The van der Waals surface area contributed by atoms with Crippen molar-refractivity contribution >= 4 is 23.7 Å². The standard InChI is InChI=1S/C25H40N4O2S/c1-7-21-22(30)29(23(32-21)19-8-10-20(11-9-19)25(4,5)6)17-14-27-12-15-28(16-13-27)24(31)26-18(2)3/h8-11,18,21,23H,7,12-17H2,1-6H3,(H,26,31). The largest absolute Gasteiger partial charge is 0.336 e. The van der Waals surface area contributed by atoms with E-state index in [9.17, 15) is 9.59 Å². The maximum absolute atomic E-state index is 13.1. The summed E-state index contributed by atoms with van der Waals surface area (Å²) in [6.45, 7) is 17.5. The van der Waals surface area contributed by atoms with Gasteiger partial charge in [0.2, 0.25) is 5.91 Å². The maximum Gasteiger partial charge on any atom is 0.317 e. The van der Waals surface area contributed by atoms with Gasteiger partial charge in [-0.05, 0) is 36.8 Å². The average molecular weight is 461 g/mol. The van der Waals surface area contributed by atoms with Crippen molar-refractivity contribution in [2.75, 3.05) is 39.3 Å². The minimum atomic E-state index is 0.0235. The van der Waals surface area contributed by atoms with Gasteiger partial charge in [0, 0.05) is 45.3 Å². The van der Waals surface area contributed by atoms with Gasteiger partial charge in [0.05, 0.1) is 5.25 Å². The van der Waals surface area contributed by atoms with Crippen LogP contribution in [0, 0.1) is 0 Å². The fourth-order valence-electron chi connectivity index (χ4n) is 4.25. The van der Waals surface area contributed by atoms with Gasteiger partial charge in [-0.1, -0.05) is 52.0 Å². The van der Waals surface area contributed by atoms with Crippen molar-refractivity contribution < 1.29 is 9.59 Å². The average Bonchev–Trinajstić information content (AvgIpc) is 3.07. The molecule has 3 amide bonds. The normalized spacial score (nSPS) is 22.7. The number of piperazine rings is 1. The van der Waals surface area contributed by atoms with Crippen LogP contribution in [-0.4, -0.2) is 77.2 Å². The van der Waals surface area contributed by atoms with Gasteiger partial charge in [-0.25, -0.2) is 4.79 Å². The second-order valence-corrected chi connectivity index (χ2v) is 11.5. The summed E-state index contributed by atoms with van der Waals surface area (Å²) in [6.07, 6.45) is 0.861. The van der Waals surface area contributed by atoms with Crippen molar-refractivity contribution in [1.82, 2.24) is 20.0 Å². The Bertz CT molecular complexity index is 782. The monoisotopic (exact) mass is 460 g/mol. The Kier molecular flexibility index (Phi) is 8.15. The van der Waals surface area contributed by atoms with Crippen molar-refractivity contribution in [2.24, 2.45) is 0 Å². The summed E-state index contributed by atoms with van der Waals surface area (Å²) in [6, 6.07) is 8.99. The molecule has 2 aliphatic heterocycles. The SMILES string of the molecule is CCC1SC(c2ccc(C(C)(C)C)cc2)N(CCN2CCN(C(=O)NC(C)C)CC2)C1=O. The van der Waals surface area contributed by atoms with Gasteiger partial charge in [0.1, 0.15) is 5.37 Å². The molecule has 2 heterocycles. The molecule has 0 spiro atoms. The summed E-state index contributed by atoms with van der Waals surface area (Å²) in [5, 5.41) is 3.09. The van der Waals surface area contributed by atoms with Gasteiger partial charge in [0.25, 0.3) is 0 Å². The minimum absolute atomic E-state index is 0.0235. The Hall–Kier alpha value is -1.73. The lowest BCUT2D eigenvalue weighted by Crippen LogP contribution is -2.53. The van der Waals surface area contributed by atoms with Crippen LogP contribution in [0.25, 0.3) is 0 Å². The van der Waals surface area contributed by atoms with E-state index in [1.807, 2.05) is 18.7 Å². The lowest BCUT2D eigenvalue weighted by molar-refractivity contribution is -0.130. The minimum Gasteiger partial charge on any atom is -0.336 e. The van der Waals surface area contributed by atoms with Crippen LogP contribution in [0.2, 0.25) is 0 Å². The van der Waals surface area contributed by atoms with Crippen LogP contribution in [-0.2, 0) is 10.2 Å². The van der Waals surface area contributed by atoms with Crippen LogP contribution < -0.4 is 5.32 Å². The van der Waals surface area contributed by atoms with E-state index in [-0.39, 0.29) is 34.0 Å². The smallest absolute Gasteiger partial charge is 0.317 e. The molecule has 0 aliphatic carbocycles. The Balaban J connectivity index is 1.60. The van der Waals surface area contributed by atoms with Crippen LogP contribution in [0.15, 0.2) is 24.3 Å². The van der Waals surface area contributed by atoms with Crippen LogP contribution >= 0.6 is 11.8 Å². The first-order valence-electron chi connectivity index (χ1n) is 11.9. The fourth-order valence-corrected chi connectivity index (χ4v) is 5.68. The number of nitrogens with zero attached hydrogens (tertiary/aromatic N) is 3. The first kappa shape index (κ1) is 24.9. The van der Waals surface area contributed by atoms with Gasteiger partial charge in [-0.15, -0.1) is 11.8 Å². The van der Waals surface area contributed by atoms with E-state index >= 15 is 0 Å². The van der Waals surface area contributed by atoms with Gasteiger partial charge in [-0.3, -0.25) is 9.69 Å². The lowest BCUT2D eigenvalue weighted by Gasteiger charge is -2.36. The predicted molar refractivity (Wildman–Crippen MR) is 133 cm³/mol. The highest BCUT2D eigenvalue weighted by atomic mass is 32.2. The van der Waals surface area contributed by atoms with E-state index in [1.165, 1.54) is 11.1 Å². The molecule has 2 saturated heterocycles. The third-order valence-electron chi connectivity index (χ3n) is 6.30. The zero-order chi connectivity index (χ0) is 23.5. The zero-order valence-electron chi connectivity index (χ0n) is 20.6. The van der Waals surface area contributed by atoms with E-state index in [4.69, 9.17) is 0 Å². The van der Waals surface area contributed by atoms with Crippen LogP contribution in [0.5, 0.6) is 0 Å². The molecule has 2 fully saturated rings. The molecular weight excluding hydrogens is 420 g/mol. The van der Waals surface area contributed by atoms with E-state index in [2.05, 4.69) is 67.1 Å². The van der Waals surface area contributed by atoms with Crippen molar-refractivity contribution in [1.29, 1.82) is 0 Å². The van der Waals surface area contributed by atoms with Crippen LogP contribution in [0.4, 0.5) is 4.79 Å². The second kappa shape index (κ2) is 10.5. The topological polar surface area (TPSA) is 55.9 Å². The maximum atomic E-state index is 13.1. The number of urea groups is 1. The molecule has 7 heteroatoms. The number of carbonyl (C=O) groups excluding carboxylic acids is 2. The third kappa shape index (κ3) is 5.98. The first-order valence-corrected chi connectivity index (χ1v) is 12.9. The van der Waals surface area contributed by atoms with Crippen molar-refractivity contribution in [2.45, 2.75) is 70.0 Å². The van der Waals surface area contributed by atoms with Crippen LogP contribution in [0.1, 0.15) is 64.5 Å². The molecule has 2 unspecified atom stereocenters. The van der Waals surface area contributed by atoms with E-state index < -0.39 is 0 Å². The second-order valence-electron chi connectivity index (χ2n) is 10.2. The molecule has 1 aromatic rings. The highest BCUT2D eigenvalue weighted by molar-refractivity contribution is 8.01. The highest BCUT2D eigenvalue weighted by Crippen LogP contribution is 2.44. The fraction of sp³-hybridized carbons (Fsp3) is 0.680. The summed E-state index contributed by atoms with van der Waals surface area (Å²) in [5.41, 5.74) is 2.65. The molecule has 1 N–H and O–H groups in total. The summed E-state index contributed by atoms with van der Waals surface area (Å²) < 4.78 is 0. The molecule has 0 radical (unpaired) electrons. The third-order valence-corrected chi connectivity index (χ3v) is 7.94. The van der Waals surface area contributed by atoms with Crippen molar-refractivity contribution in [3.63, 3.8) is 0 Å². The predicted octanol–water partition coefficient (Wildman–Crippen LogP) is 4.07. The van der Waals surface area contributed by atoms with Gasteiger partial charge in [-0.2, -0.15) is 0 Å². The van der Waals surface area contributed by atoms with Crippen LogP contribution in [0.3, 0.4) is 0 Å². The number of nitrogens with one attached hydrogen (secondary N) is 1. The van der Waals surface area contributed by atoms with Crippen molar-refractivity contribution in [3.05, 3.63) is 35.4 Å². The summed E-state index contributed by atoms with van der Waals surface area (Å²) in [5.74, 6) is 0.261. The Morgan fingerprint density at radius 2 is 1.72 bits per heavy atom. The quantitative estimate of drug-likeness (QED) is 0.695. The number of benzene rings is 1. The lowest BCUT2D eigenvalue weighted by atomic mass is 9.86. The molecular formula is C25H40N4O2S. The Morgan fingerprint density at radius 1 is 1.09 bits per heavy atom. The molecule has 2 atom stereocenters. The number of hydrogen-bond donors (Lipinski definition) is 1. The molecule has 0 aromatic heterocycles. The molecule has 0 bridgehead atoms. The molecule has 3 rings (SSSR count). The highest BCUT2D eigenvalue weighted by Gasteiger charge is 2.40. The summed E-state index contributed by atoms with van der Waals surface area (Å²) in [7, 11) is 0. The van der Waals surface area contributed by atoms with Gasteiger partial charge in [0.15, 0.2) is 0 Å². The number of amides is 3. The number of hydrogen-bond acceptors (Lipinski definition) is 4. The number of rotatable bonds is 6. The van der Waals surface area contributed by atoms with E-state index in [0.717, 1.165) is 45.7 Å².